The lowest BCUT2D eigenvalue weighted by Gasteiger charge is -2.33. The molecule has 1 aromatic heterocycles. The average Bonchev–Trinajstić information content (AvgIpc) is 2.52. The lowest BCUT2D eigenvalue weighted by atomic mass is 10.1. The summed E-state index contributed by atoms with van der Waals surface area (Å²) < 4.78 is 5.16. The summed E-state index contributed by atoms with van der Waals surface area (Å²) >= 11 is 0. The molecule has 7 nitrogen and oxygen atoms in total. The zero-order valence-electron chi connectivity index (χ0n) is 13.0. The van der Waals surface area contributed by atoms with E-state index in [4.69, 9.17) is 4.74 Å². The van der Waals surface area contributed by atoms with E-state index in [2.05, 4.69) is 15.6 Å². The van der Waals surface area contributed by atoms with Gasteiger partial charge < -0.3 is 20.3 Å². The predicted octanol–water partition coefficient (Wildman–Crippen LogP) is 0.900. The second-order valence-electron chi connectivity index (χ2n) is 5.32. The molecular formula is C15H22N4O3. The number of piperidine rings is 1. The van der Waals surface area contributed by atoms with Crippen LogP contribution in [0.2, 0.25) is 0 Å². The van der Waals surface area contributed by atoms with Crippen LogP contribution in [-0.4, -0.2) is 48.1 Å². The number of pyridine rings is 1. The molecule has 22 heavy (non-hydrogen) atoms. The summed E-state index contributed by atoms with van der Waals surface area (Å²) in [7, 11) is 1.55. The first kappa shape index (κ1) is 16.1. The molecule has 1 aliphatic rings. The van der Waals surface area contributed by atoms with Gasteiger partial charge in [0.15, 0.2) is 0 Å². The van der Waals surface area contributed by atoms with Crippen LogP contribution in [0.3, 0.4) is 0 Å². The van der Waals surface area contributed by atoms with Gasteiger partial charge in [-0.3, -0.25) is 4.79 Å². The molecule has 0 aliphatic carbocycles. The van der Waals surface area contributed by atoms with E-state index in [0.29, 0.717) is 25.5 Å². The third-order valence-corrected chi connectivity index (χ3v) is 3.59. The maximum absolute atomic E-state index is 12.2. The molecule has 0 radical (unpaired) electrons. The van der Waals surface area contributed by atoms with Crippen LogP contribution in [0.5, 0.6) is 5.88 Å². The fourth-order valence-corrected chi connectivity index (χ4v) is 2.59. The third kappa shape index (κ3) is 4.34. The van der Waals surface area contributed by atoms with E-state index in [1.54, 1.807) is 24.3 Å². The van der Waals surface area contributed by atoms with Gasteiger partial charge in [-0.1, -0.05) is 6.07 Å². The van der Waals surface area contributed by atoms with Crippen LogP contribution in [0, 0.1) is 0 Å². The van der Waals surface area contributed by atoms with Crippen molar-refractivity contribution in [2.24, 2.45) is 0 Å². The number of carbonyl (C=O) groups is 2. The fourth-order valence-electron chi connectivity index (χ4n) is 2.59. The molecule has 0 aromatic carbocycles. The summed E-state index contributed by atoms with van der Waals surface area (Å²) in [5.74, 6) is 0.449. The quantitative estimate of drug-likeness (QED) is 0.866. The summed E-state index contributed by atoms with van der Waals surface area (Å²) in [6, 6.07) is 3.56. The first-order chi connectivity index (χ1) is 10.6. The van der Waals surface area contributed by atoms with Gasteiger partial charge in [-0.25, -0.2) is 9.78 Å². The van der Waals surface area contributed by atoms with E-state index in [1.807, 2.05) is 6.07 Å². The van der Waals surface area contributed by atoms with Gasteiger partial charge in [0.1, 0.15) is 0 Å². The minimum atomic E-state index is -0.138. The number of nitrogens with one attached hydrogen (secondary N) is 2. The lowest BCUT2D eigenvalue weighted by molar-refractivity contribution is -0.119. The number of carbonyl (C=O) groups excluding carboxylic acids is 2. The first-order valence-corrected chi connectivity index (χ1v) is 7.38. The number of rotatable bonds is 4. The monoisotopic (exact) mass is 306 g/mol. The van der Waals surface area contributed by atoms with Gasteiger partial charge in [0.25, 0.3) is 0 Å². The lowest BCUT2D eigenvalue weighted by Crippen LogP contribution is -2.51. The maximum atomic E-state index is 12.2. The fraction of sp³-hybridized carbons (Fsp3) is 0.533. The second-order valence-corrected chi connectivity index (χ2v) is 5.32. The Hall–Kier alpha value is -2.31. The molecule has 1 unspecified atom stereocenters. The summed E-state index contributed by atoms with van der Waals surface area (Å²) in [6.45, 7) is 3.09. The largest absolute Gasteiger partial charge is 0.481 e. The zero-order valence-corrected chi connectivity index (χ0v) is 13.0. The molecule has 1 atom stereocenters. The van der Waals surface area contributed by atoms with Crippen LogP contribution in [0.1, 0.15) is 25.3 Å². The Bertz CT molecular complexity index is 535. The van der Waals surface area contributed by atoms with Gasteiger partial charge in [0, 0.05) is 44.4 Å². The van der Waals surface area contributed by atoms with Crippen LogP contribution in [-0.2, 0) is 11.3 Å². The number of methoxy groups -OCH3 is 1. The highest BCUT2D eigenvalue weighted by Crippen LogP contribution is 2.14. The van der Waals surface area contributed by atoms with Crippen molar-refractivity contribution < 1.29 is 14.3 Å². The van der Waals surface area contributed by atoms with Gasteiger partial charge in [-0.2, -0.15) is 0 Å². The molecule has 1 aromatic rings. The smallest absolute Gasteiger partial charge is 0.317 e. The van der Waals surface area contributed by atoms with E-state index in [-0.39, 0.29) is 18.0 Å². The summed E-state index contributed by atoms with van der Waals surface area (Å²) in [6.07, 6.45) is 3.43. The van der Waals surface area contributed by atoms with Crippen LogP contribution in [0.25, 0.3) is 0 Å². The number of hydrogen-bond donors (Lipinski definition) is 2. The number of likely N-dealkylation sites (tertiary alicyclic amines) is 1. The van der Waals surface area contributed by atoms with Crippen LogP contribution in [0.15, 0.2) is 18.3 Å². The van der Waals surface area contributed by atoms with Gasteiger partial charge in [0.2, 0.25) is 11.8 Å². The van der Waals surface area contributed by atoms with Crippen molar-refractivity contribution in [1.29, 1.82) is 0 Å². The highest BCUT2D eigenvalue weighted by molar-refractivity contribution is 5.75. The van der Waals surface area contributed by atoms with E-state index in [0.717, 1.165) is 18.4 Å². The maximum Gasteiger partial charge on any atom is 0.317 e. The van der Waals surface area contributed by atoms with Gasteiger partial charge in [-0.05, 0) is 18.9 Å². The SMILES string of the molecule is COc1ncccc1CNC(=O)N1CCCC(NC(C)=O)C1. The molecule has 1 aliphatic heterocycles. The Kier molecular flexibility index (Phi) is 5.57. The highest BCUT2D eigenvalue weighted by atomic mass is 16.5. The summed E-state index contributed by atoms with van der Waals surface area (Å²) in [5, 5.41) is 5.74. The Balaban J connectivity index is 1.87. The van der Waals surface area contributed by atoms with Gasteiger partial charge >= 0.3 is 6.03 Å². The van der Waals surface area contributed by atoms with Crippen LogP contribution in [0.4, 0.5) is 4.79 Å². The normalized spacial score (nSPS) is 17.7. The van der Waals surface area contributed by atoms with E-state index in [1.165, 1.54) is 6.92 Å². The molecule has 2 heterocycles. The molecule has 0 spiro atoms. The standard InChI is InChI=1S/C15H22N4O3/c1-11(20)18-13-6-4-8-19(10-13)15(21)17-9-12-5-3-7-16-14(12)22-2/h3,5,7,13H,4,6,8-10H2,1-2H3,(H,17,21)(H,18,20). The Morgan fingerprint density at radius 3 is 3.05 bits per heavy atom. The predicted molar refractivity (Wildman–Crippen MR) is 81.4 cm³/mol. The van der Waals surface area contributed by atoms with Crippen molar-refractivity contribution in [3.63, 3.8) is 0 Å². The molecule has 1 saturated heterocycles. The number of hydrogen-bond acceptors (Lipinski definition) is 4. The van der Waals surface area contributed by atoms with Crippen molar-refractivity contribution in [2.45, 2.75) is 32.4 Å². The number of urea groups is 1. The van der Waals surface area contributed by atoms with Gasteiger partial charge in [0.05, 0.1) is 7.11 Å². The molecule has 120 valence electrons. The number of aromatic nitrogens is 1. The van der Waals surface area contributed by atoms with Crippen molar-refractivity contribution >= 4 is 11.9 Å². The molecule has 2 rings (SSSR count). The van der Waals surface area contributed by atoms with Gasteiger partial charge in [-0.15, -0.1) is 0 Å². The Morgan fingerprint density at radius 1 is 1.50 bits per heavy atom. The van der Waals surface area contributed by atoms with Crippen LogP contribution >= 0.6 is 0 Å². The average molecular weight is 306 g/mol. The highest BCUT2D eigenvalue weighted by Gasteiger charge is 2.24. The molecular weight excluding hydrogens is 284 g/mol. The number of ether oxygens (including phenoxy) is 1. The topological polar surface area (TPSA) is 83.6 Å². The summed E-state index contributed by atoms with van der Waals surface area (Å²) in [5.41, 5.74) is 0.828. The van der Waals surface area contributed by atoms with Crippen molar-refractivity contribution in [3.05, 3.63) is 23.9 Å². The molecule has 0 bridgehead atoms. The number of amides is 3. The minimum Gasteiger partial charge on any atom is -0.481 e. The Morgan fingerprint density at radius 2 is 2.32 bits per heavy atom. The van der Waals surface area contributed by atoms with Crippen LogP contribution < -0.4 is 15.4 Å². The second kappa shape index (κ2) is 7.63. The molecule has 1 fully saturated rings. The minimum absolute atomic E-state index is 0.0323. The van der Waals surface area contributed by atoms with E-state index >= 15 is 0 Å². The molecule has 2 N–H and O–H groups in total. The zero-order chi connectivity index (χ0) is 15.9. The number of nitrogens with zero attached hydrogens (tertiary/aromatic N) is 2. The van der Waals surface area contributed by atoms with Crippen molar-refractivity contribution in [2.75, 3.05) is 20.2 Å². The molecule has 0 saturated carbocycles. The van der Waals surface area contributed by atoms with E-state index in [9.17, 15) is 9.59 Å². The molecule has 7 heteroatoms. The Labute approximate surface area is 130 Å². The summed E-state index contributed by atoms with van der Waals surface area (Å²) in [4.78, 5) is 29.2. The van der Waals surface area contributed by atoms with E-state index < -0.39 is 0 Å². The third-order valence-electron chi connectivity index (χ3n) is 3.59. The molecule has 3 amide bonds. The first-order valence-electron chi connectivity index (χ1n) is 7.38. The van der Waals surface area contributed by atoms with Crippen molar-refractivity contribution in [3.8, 4) is 5.88 Å². The van der Waals surface area contributed by atoms with Crippen molar-refractivity contribution in [1.82, 2.24) is 20.5 Å².